The quantitative estimate of drug-likeness (QED) is 0.828. The van der Waals surface area contributed by atoms with Crippen molar-refractivity contribution in [3.63, 3.8) is 0 Å². The summed E-state index contributed by atoms with van der Waals surface area (Å²) < 4.78 is 27.2. The highest BCUT2D eigenvalue weighted by Gasteiger charge is 2.41. The number of benzene rings is 1. The summed E-state index contributed by atoms with van der Waals surface area (Å²) in [6, 6.07) is 4.92. The maximum Gasteiger partial charge on any atom is 0.241 e. The van der Waals surface area contributed by atoms with Crippen LogP contribution >= 0.6 is 0 Å². The summed E-state index contributed by atoms with van der Waals surface area (Å²) in [7, 11) is -3.46. The number of aryl methyl sites for hydroxylation is 1. The number of rotatable bonds is 4. The van der Waals surface area contributed by atoms with E-state index in [1.165, 1.54) is 0 Å². The van der Waals surface area contributed by atoms with Crippen molar-refractivity contribution < 1.29 is 13.5 Å². The van der Waals surface area contributed by atoms with Crippen LogP contribution in [-0.2, 0) is 10.0 Å². The van der Waals surface area contributed by atoms with Gasteiger partial charge in [-0.3, -0.25) is 0 Å². The van der Waals surface area contributed by atoms with Gasteiger partial charge >= 0.3 is 0 Å². The summed E-state index contributed by atoms with van der Waals surface area (Å²) in [5.74, 6) is 5.76. The molecular weight excluding hydrogens is 274 g/mol. The maximum absolute atomic E-state index is 12.2. The molecule has 2 N–H and O–H groups in total. The summed E-state index contributed by atoms with van der Waals surface area (Å²) in [4.78, 5) is 0.274. The molecule has 108 valence electrons. The molecule has 0 saturated heterocycles. The fourth-order valence-electron chi connectivity index (χ4n) is 1.83. The lowest BCUT2D eigenvalue weighted by molar-refractivity contribution is 0.305. The van der Waals surface area contributed by atoms with E-state index in [9.17, 15) is 8.42 Å². The number of aliphatic hydroxyl groups is 1. The fraction of sp³-hybridized carbons (Fsp3) is 0.467. The molecule has 20 heavy (non-hydrogen) atoms. The molecule has 0 spiro atoms. The lowest BCUT2D eigenvalue weighted by atomic mass is 10.1. The summed E-state index contributed by atoms with van der Waals surface area (Å²) >= 11 is 0. The molecule has 1 saturated carbocycles. The van der Waals surface area contributed by atoms with E-state index in [1.54, 1.807) is 18.2 Å². The van der Waals surface area contributed by atoms with Gasteiger partial charge < -0.3 is 5.11 Å². The molecule has 0 radical (unpaired) electrons. The van der Waals surface area contributed by atoms with Gasteiger partial charge in [0.15, 0.2) is 0 Å². The highest BCUT2D eigenvalue weighted by atomic mass is 32.2. The van der Waals surface area contributed by atoms with E-state index in [2.05, 4.69) is 16.6 Å². The predicted octanol–water partition coefficient (Wildman–Crippen LogP) is 1.56. The van der Waals surface area contributed by atoms with Gasteiger partial charge in [-0.05, 0) is 50.5 Å². The van der Waals surface area contributed by atoms with Crippen molar-refractivity contribution in [1.82, 2.24) is 4.72 Å². The van der Waals surface area contributed by atoms with Crippen LogP contribution in [0, 0.1) is 18.8 Å². The number of nitrogens with one attached hydrogen (secondary N) is 1. The van der Waals surface area contributed by atoms with E-state index >= 15 is 0 Å². The lowest BCUT2D eigenvalue weighted by Gasteiger charge is -2.12. The van der Waals surface area contributed by atoms with Crippen LogP contribution in [-0.4, -0.2) is 25.7 Å². The zero-order valence-corrected chi connectivity index (χ0v) is 12.5. The van der Waals surface area contributed by atoms with E-state index in [4.69, 9.17) is 5.11 Å². The summed E-state index contributed by atoms with van der Waals surface area (Å²) in [6.07, 6.45) is 2.19. The molecule has 0 bridgehead atoms. The van der Waals surface area contributed by atoms with Crippen LogP contribution in [0.1, 0.15) is 37.3 Å². The minimum absolute atomic E-state index is 0.0288. The van der Waals surface area contributed by atoms with Gasteiger partial charge in [0.05, 0.1) is 11.5 Å². The standard InChI is InChI=1S/C15H19NO3S/c1-12-11-14(7-6-13(12)5-3-4-10-17)20(18,19)16-15(2)8-9-15/h6-7,11,16-17H,4,8-10H2,1-2H3. The van der Waals surface area contributed by atoms with E-state index < -0.39 is 10.0 Å². The Labute approximate surface area is 120 Å². The van der Waals surface area contributed by atoms with Crippen LogP contribution in [0.25, 0.3) is 0 Å². The van der Waals surface area contributed by atoms with E-state index in [-0.39, 0.29) is 17.0 Å². The minimum atomic E-state index is -3.46. The largest absolute Gasteiger partial charge is 0.395 e. The van der Waals surface area contributed by atoms with Gasteiger partial charge in [-0.15, -0.1) is 0 Å². The van der Waals surface area contributed by atoms with Gasteiger partial charge in [0.25, 0.3) is 0 Å². The van der Waals surface area contributed by atoms with Crippen molar-refractivity contribution >= 4 is 10.0 Å². The third-order valence-corrected chi connectivity index (χ3v) is 4.98. The van der Waals surface area contributed by atoms with Gasteiger partial charge in [0, 0.05) is 17.5 Å². The first-order valence-corrected chi connectivity index (χ1v) is 8.09. The van der Waals surface area contributed by atoms with Gasteiger partial charge in [-0.1, -0.05) is 11.8 Å². The molecule has 0 atom stereocenters. The Hall–Kier alpha value is -1.35. The van der Waals surface area contributed by atoms with Crippen molar-refractivity contribution in [2.45, 2.75) is 43.5 Å². The Morgan fingerprint density at radius 3 is 2.65 bits per heavy atom. The first-order valence-electron chi connectivity index (χ1n) is 6.61. The monoisotopic (exact) mass is 293 g/mol. The van der Waals surface area contributed by atoms with Crippen LogP contribution in [0.5, 0.6) is 0 Å². The van der Waals surface area contributed by atoms with Gasteiger partial charge in [-0.2, -0.15) is 0 Å². The molecule has 5 heteroatoms. The second-order valence-corrected chi connectivity index (χ2v) is 7.10. The topological polar surface area (TPSA) is 66.4 Å². The van der Waals surface area contributed by atoms with Crippen molar-refractivity contribution in [3.05, 3.63) is 29.3 Å². The summed E-state index contributed by atoms with van der Waals surface area (Å²) in [5, 5.41) is 8.69. The van der Waals surface area contributed by atoms with Crippen LogP contribution in [0.3, 0.4) is 0 Å². The average molecular weight is 293 g/mol. The van der Waals surface area contributed by atoms with Crippen molar-refractivity contribution in [1.29, 1.82) is 0 Å². The van der Waals surface area contributed by atoms with Crippen LogP contribution in [0.2, 0.25) is 0 Å². The zero-order valence-electron chi connectivity index (χ0n) is 11.7. The van der Waals surface area contributed by atoms with Crippen LogP contribution < -0.4 is 4.72 Å². The molecule has 0 heterocycles. The van der Waals surface area contributed by atoms with Crippen molar-refractivity contribution in [2.24, 2.45) is 0 Å². The SMILES string of the molecule is Cc1cc(S(=O)(=O)NC2(C)CC2)ccc1C#CCCO. The summed E-state index contributed by atoms with van der Waals surface area (Å²) in [5.41, 5.74) is 1.33. The average Bonchev–Trinajstić information content (AvgIpc) is 3.08. The van der Waals surface area contributed by atoms with E-state index in [0.717, 1.165) is 24.0 Å². The zero-order chi connectivity index (χ0) is 14.8. The molecule has 2 rings (SSSR count). The first-order chi connectivity index (χ1) is 9.36. The lowest BCUT2D eigenvalue weighted by Crippen LogP contribution is -2.34. The first kappa shape index (κ1) is 15.0. The highest BCUT2D eigenvalue weighted by Crippen LogP contribution is 2.36. The smallest absolute Gasteiger partial charge is 0.241 e. The number of hydrogen-bond acceptors (Lipinski definition) is 3. The Morgan fingerprint density at radius 1 is 1.40 bits per heavy atom. The van der Waals surface area contributed by atoms with Crippen molar-refractivity contribution in [3.8, 4) is 11.8 Å². The molecule has 1 aliphatic carbocycles. The summed E-state index contributed by atoms with van der Waals surface area (Å²) in [6.45, 7) is 3.77. The number of aliphatic hydroxyl groups excluding tert-OH is 1. The van der Waals surface area contributed by atoms with Crippen LogP contribution in [0.15, 0.2) is 23.1 Å². The molecule has 0 aliphatic heterocycles. The molecule has 0 amide bonds. The Morgan fingerprint density at radius 2 is 2.10 bits per heavy atom. The molecule has 1 fully saturated rings. The second-order valence-electron chi connectivity index (χ2n) is 5.42. The molecular formula is C15H19NO3S. The predicted molar refractivity (Wildman–Crippen MR) is 77.7 cm³/mol. The Kier molecular flexibility index (Phi) is 4.19. The van der Waals surface area contributed by atoms with Gasteiger partial charge in [0.1, 0.15) is 0 Å². The Bertz CT molecular complexity index is 664. The van der Waals surface area contributed by atoms with E-state index in [1.807, 2.05) is 13.8 Å². The number of sulfonamides is 1. The Balaban J connectivity index is 2.23. The molecule has 0 aromatic heterocycles. The fourth-order valence-corrected chi connectivity index (χ4v) is 3.38. The van der Waals surface area contributed by atoms with Crippen molar-refractivity contribution in [2.75, 3.05) is 6.61 Å². The highest BCUT2D eigenvalue weighted by molar-refractivity contribution is 7.89. The molecule has 1 aromatic carbocycles. The molecule has 0 unspecified atom stereocenters. The maximum atomic E-state index is 12.2. The van der Waals surface area contributed by atoms with Gasteiger partial charge in [0.2, 0.25) is 10.0 Å². The normalized spacial score (nSPS) is 16.4. The third kappa shape index (κ3) is 3.60. The van der Waals surface area contributed by atoms with Gasteiger partial charge in [-0.25, -0.2) is 13.1 Å². The van der Waals surface area contributed by atoms with Crippen LogP contribution in [0.4, 0.5) is 0 Å². The second kappa shape index (κ2) is 5.57. The molecule has 4 nitrogen and oxygen atoms in total. The van der Waals surface area contributed by atoms with E-state index in [0.29, 0.717) is 6.42 Å². The number of hydrogen-bond donors (Lipinski definition) is 2. The third-order valence-electron chi connectivity index (χ3n) is 3.35. The molecule has 1 aliphatic rings. The molecule has 1 aromatic rings. The minimum Gasteiger partial charge on any atom is -0.395 e.